The van der Waals surface area contributed by atoms with E-state index in [9.17, 15) is 4.79 Å². The van der Waals surface area contributed by atoms with Gasteiger partial charge in [0, 0.05) is 15.3 Å². The number of halogens is 1. The van der Waals surface area contributed by atoms with E-state index in [0.29, 0.717) is 17.9 Å². The van der Waals surface area contributed by atoms with Crippen LogP contribution in [0, 0.1) is 14.9 Å². The first kappa shape index (κ1) is 14.5. The predicted molar refractivity (Wildman–Crippen MR) is 83.1 cm³/mol. The molecule has 2 aromatic rings. The lowest BCUT2D eigenvalue weighted by molar-refractivity contribution is 0.0526. The fourth-order valence-corrected chi connectivity index (χ4v) is 2.35. The maximum atomic E-state index is 11.8. The zero-order valence-electron chi connectivity index (χ0n) is 10.8. The summed E-state index contributed by atoms with van der Waals surface area (Å²) in [5.74, 6) is -0.341. The third-order valence-electron chi connectivity index (χ3n) is 2.67. The van der Waals surface area contributed by atoms with E-state index >= 15 is 0 Å². The zero-order valence-corrected chi connectivity index (χ0v) is 12.9. The second-order valence-corrected chi connectivity index (χ2v) is 5.12. The van der Waals surface area contributed by atoms with Gasteiger partial charge in [0.15, 0.2) is 0 Å². The molecule has 0 fully saturated rings. The van der Waals surface area contributed by atoms with Crippen molar-refractivity contribution in [2.24, 2.45) is 0 Å². The molecule has 0 N–H and O–H groups in total. The summed E-state index contributed by atoms with van der Waals surface area (Å²) >= 11 is 2.20. The highest BCUT2D eigenvalue weighted by molar-refractivity contribution is 14.1. The van der Waals surface area contributed by atoms with E-state index in [1.165, 1.54) is 0 Å². The second kappa shape index (κ2) is 6.48. The molecule has 4 nitrogen and oxygen atoms in total. The lowest BCUT2D eigenvalue weighted by Gasteiger charge is -2.07. The number of benzene rings is 1. The monoisotopic (exact) mass is 378 g/mol. The molecule has 2 rings (SSSR count). The summed E-state index contributed by atoms with van der Waals surface area (Å²) in [6.45, 7) is 2.12. The van der Waals surface area contributed by atoms with Crippen LogP contribution in [-0.4, -0.2) is 17.6 Å². The third-order valence-corrected chi connectivity index (χ3v) is 3.61. The Morgan fingerprint density at radius 2 is 2.20 bits per heavy atom. The Kier molecular flexibility index (Phi) is 4.69. The number of pyridine rings is 1. The van der Waals surface area contributed by atoms with Gasteiger partial charge in [0.05, 0.1) is 12.2 Å². The number of esters is 1. The standard InChI is InChI=1S/C15H11IN2O2/c1-2-20-15(19)10-4-6-14(16)13(7-10)11-3-5-12(8-17)18-9-11/h3-7,9H,2H2,1H3. The smallest absolute Gasteiger partial charge is 0.338 e. The summed E-state index contributed by atoms with van der Waals surface area (Å²) < 4.78 is 6.00. The summed E-state index contributed by atoms with van der Waals surface area (Å²) in [7, 11) is 0. The topological polar surface area (TPSA) is 63.0 Å². The van der Waals surface area contributed by atoms with Crippen molar-refractivity contribution < 1.29 is 9.53 Å². The first-order chi connectivity index (χ1) is 9.65. The van der Waals surface area contributed by atoms with Crippen LogP contribution < -0.4 is 0 Å². The van der Waals surface area contributed by atoms with Gasteiger partial charge in [0.2, 0.25) is 0 Å². The Labute approximate surface area is 130 Å². The summed E-state index contributed by atoms with van der Waals surface area (Å²) in [6.07, 6.45) is 1.63. The Balaban J connectivity index is 2.42. The maximum absolute atomic E-state index is 11.8. The summed E-state index contributed by atoms with van der Waals surface area (Å²) in [5, 5.41) is 8.75. The lowest BCUT2D eigenvalue weighted by Crippen LogP contribution is -2.05. The van der Waals surface area contributed by atoms with Crippen molar-refractivity contribution in [3.63, 3.8) is 0 Å². The summed E-state index contributed by atoms with van der Waals surface area (Å²) in [5.41, 5.74) is 2.63. The van der Waals surface area contributed by atoms with Crippen LogP contribution in [0.5, 0.6) is 0 Å². The molecule has 0 amide bonds. The molecule has 0 radical (unpaired) electrons. The highest BCUT2D eigenvalue weighted by atomic mass is 127. The van der Waals surface area contributed by atoms with E-state index < -0.39 is 0 Å². The highest BCUT2D eigenvalue weighted by Gasteiger charge is 2.11. The summed E-state index contributed by atoms with van der Waals surface area (Å²) in [6, 6.07) is 10.8. The van der Waals surface area contributed by atoms with Gasteiger partial charge in [-0.3, -0.25) is 0 Å². The lowest BCUT2D eigenvalue weighted by atomic mass is 10.0. The van der Waals surface area contributed by atoms with Crippen LogP contribution >= 0.6 is 22.6 Å². The van der Waals surface area contributed by atoms with E-state index in [2.05, 4.69) is 27.6 Å². The molecule has 0 aliphatic rings. The molecule has 0 aliphatic heterocycles. The number of nitrogens with zero attached hydrogens (tertiary/aromatic N) is 2. The number of hydrogen-bond donors (Lipinski definition) is 0. The van der Waals surface area contributed by atoms with Crippen molar-refractivity contribution in [3.05, 3.63) is 51.4 Å². The molecule has 0 atom stereocenters. The average Bonchev–Trinajstić information content (AvgIpc) is 2.48. The normalized spacial score (nSPS) is 9.85. The Bertz CT molecular complexity index is 675. The third kappa shape index (κ3) is 3.14. The van der Waals surface area contributed by atoms with Crippen molar-refractivity contribution in [2.75, 3.05) is 6.61 Å². The largest absolute Gasteiger partial charge is 0.462 e. The first-order valence-electron chi connectivity index (χ1n) is 5.99. The van der Waals surface area contributed by atoms with Gasteiger partial charge in [-0.2, -0.15) is 5.26 Å². The van der Waals surface area contributed by atoms with Crippen LogP contribution in [0.3, 0.4) is 0 Å². The number of carbonyl (C=O) groups excluding carboxylic acids is 1. The minimum Gasteiger partial charge on any atom is -0.462 e. The predicted octanol–water partition coefficient (Wildman–Crippen LogP) is 3.40. The number of nitriles is 1. The van der Waals surface area contributed by atoms with Gasteiger partial charge >= 0.3 is 5.97 Å². The van der Waals surface area contributed by atoms with E-state index in [0.717, 1.165) is 14.7 Å². The molecular weight excluding hydrogens is 367 g/mol. The molecule has 100 valence electrons. The first-order valence-corrected chi connectivity index (χ1v) is 7.06. The fourth-order valence-electron chi connectivity index (χ4n) is 1.71. The van der Waals surface area contributed by atoms with Crippen LogP contribution in [0.4, 0.5) is 0 Å². The fraction of sp³-hybridized carbons (Fsp3) is 0.133. The molecule has 1 aromatic heterocycles. The number of rotatable bonds is 3. The van der Waals surface area contributed by atoms with Gasteiger partial charge in [-0.05, 0) is 65.4 Å². The maximum Gasteiger partial charge on any atom is 0.338 e. The van der Waals surface area contributed by atoms with Crippen molar-refractivity contribution in [1.29, 1.82) is 5.26 Å². The molecule has 0 saturated heterocycles. The number of aromatic nitrogens is 1. The quantitative estimate of drug-likeness (QED) is 0.607. The number of carbonyl (C=O) groups is 1. The van der Waals surface area contributed by atoms with Crippen LogP contribution in [0.2, 0.25) is 0 Å². The van der Waals surface area contributed by atoms with Gasteiger partial charge in [-0.15, -0.1) is 0 Å². The van der Waals surface area contributed by atoms with Gasteiger partial charge in [0.1, 0.15) is 11.8 Å². The number of ether oxygens (including phenoxy) is 1. The minimum absolute atomic E-state index is 0.341. The van der Waals surface area contributed by atoms with Crippen LogP contribution in [0.15, 0.2) is 36.5 Å². The molecule has 5 heteroatoms. The van der Waals surface area contributed by atoms with E-state index in [1.807, 2.05) is 18.2 Å². The summed E-state index contributed by atoms with van der Waals surface area (Å²) in [4.78, 5) is 15.8. The second-order valence-electron chi connectivity index (χ2n) is 3.96. The van der Waals surface area contributed by atoms with Crippen LogP contribution in [-0.2, 0) is 4.74 Å². The molecular formula is C15H11IN2O2. The van der Waals surface area contributed by atoms with Crippen molar-refractivity contribution in [1.82, 2.24) is 4.98 Å². The van der Waals surface area contributed by atoms with Gasteiger partial charge in [0.25, 0.3) is 0 Å². The highest BCUT2D eigenvalue weighted by Crippen LogP contribution is 2.26. The Hall–Kier alpha value is -1.94. The molecule has 1 heterocycles. The van der Waals surface area contributed by atoms with E-state index in [-0.39, 0.29) is 5.97 Å². The van der Waals surface area contributed by atoms with Crippen molar-refractivity contribution in [2.45, 2.75) is 6.92 Å². The molecule has 0 aliphatic carbocycles. The van der Waals surface area contributed by atoms with Crippen LogP contribution in [0.25, 0.3) is 11.1 Å². The molecule has 0 unspecified atom stereocenters. The molecule has 0 saturated carbocycles. The van der Waals surface area contributed by atoms with E-state index in [1.54, 1.807) is 31.3 Å². The molecule has 0 spiro atoms. The van der Waals surface area contributed by atoms with E-state index in [4.69, 9.17) is 10.00 Å². The van der Waals surface area contributed by atoms with Crippen molar-refractivity contribution >= 4 is 28.6 Å². The SMILES string of the molecule is CCOC(=O)c1ccc(I)c(-c2ccc(C#N)nc2)c1. The van der Waals surface area contributed by atoms with Crippen molar-refractivity contribution in [3.8, 4) is 17.2 Å². The van der Waals surface area contributed by atoms with Gasteiger partial charge in [-0.25, -0.2) is 9.78 Å². The molecule has 0 bridgehead atoms. The van der Waals surface area contributed by atoms with Crippen LogP contribution in [0.1, 0.15) is 23.0 Å². The molecule has 20 heavy (non-hydrogen) atoms. The minimum atomic E-state index is -0.341. The Morgan fingerprint density at radius 3 is 2.80 bits per heavy atom. The number of hydrogen-bond acceptors (Lipinski definition) is 4. The average molecular weight is 378 g/mol. The van der Waals surface area contributed by atoms with Gasteiger partial charge < -0.3 is 4.74 Å². The molecule has 1 aromatic carbocycles. The van der Waals surface area contributed by atoms with Gasteiger partial charge in [-0.1, -0.05) is 0 Å². The Morgan fingerprint density at radius 1 is 1.40 bits per heavy atom. The zero-order chi connectivity index (χ0) is 14.5.